The molecule has 112 valence electrons. The van der Waals surface area contributed by atoms with Crippen molar-refractivity contribution in [3.05, 3.63) is 47.2 Å². The van der Waals surface area contributed by atoms with E-state index in [-0.39, 0.29) is 18.1 Å². The summed E-state index contributed by atoms with van der Waals surface area (Å²) in [5, 5.41) is 3.97. The van der Waals surface area contributed by atoms with Crippen molar-refractivity contribution in [2.24, 2.45) is 4.99 Å². The monoisotopic (exact) mass is 304 g/mol. The molecule has 0 bridgehead atoms. The van der Waals surface area contributed by atoms with Crippen molar-refractivity contribution in [1.29, 1.82) is 0 Å². The van der Waals surface area contributed by atoms with E-state index in [9.17, 15) is 4.79 Å². The maximum Gasteiger partial charge on any atom is 0.338 e. The molecule has 0 aliphatic carbocycles. The molecule has 1 atom stereocenters. The number of carbonyl (C=O) groups excluding carboxylic acids is 1. The normalized spacial score (nSPS) is 18.3. The van der Waals surface area contributed by atoms with E-state index in [1.165, 1.54) is 11.8 Å². The molecular weight excluding hydrogens is 284 g/mol. The summed E-state index contributed by atoms with van der Waals surface area (Å²) in [4.78, 5) is 17.0. The van der Waals surface area contributed by atoms with Crippen LogP contribution in [0.5, 0.6) is 0 Å². The summed E-state index contributed by atoms with van der Waals surface area (Å²) in [7, 11) is 0. The molecule has 0 saturated heterocycles. The summed E-state index contributed by atoms with van der Waals surface area (Å²) in [5.74, 6) is -0.312. The number of aliphatic imine (C=N–C) groups is 1. The van der Waals surface area contributed by atoms with Gasteiger partial charge in [0.1, 0.15) is 6.04 Å². The van der Waals surface area contributed by atoms with Crippen molar-refractivity contribution in [2.45, 2.75) is 32.9 Å². The molecule has 1 aliphatic heterocycles. The molecular formula is C16H20N2O2S. The Kier molecular flexibility index (Phi) is 5.07. The number of nitrogens with one attached hydrogen (secondary N) is 1. The second-order valence-corrected chi connectivity index (χ2v) is 5.86. The Hall–Kier alpha value is -1.75. The number of amidine groups is 1. The summed E-state index contributed by atoms with van der Waals surface area (Å²) < 4.78 is 5.37. The van der Waals surface area contributed by atoms with Crippen LogP contribution >= 0.6 is 11.8 Å². The maximum atomic E-state index is 12.4. The summed E-state index contributed by atoms with van der Waals surface area (Å²) in [6.07, 6.45) is 1.80. The first-order chi connectivity index (χ1) is 10.0. The number of allylic oxidation sites excluding steroid dienone is 1. The highest BCUT2D eigenvalue weighted by Gasteiger charge is 2.30. The lowest BCUT2D eigenvalue weighted by Gasteiger charge is -2.26. The number of rotatable bonds is 3. The molecule has 0 aromatic heterocycles. The number of thioether (sulfide) groups is 1. The number of carbonyl (C=O) groups is 1. The largest absolute Gasteiger partial charge is 0.459 e. The SMILES string of the molecule is CSC1=NC(c2ccccc2)C(C(=O)OC(C)C)=C(C)N1. The fraction of sp³-hybridized carbons (Fsp3) is 0.375. The number of nitrogens with zero attached hydrogens (tertiary/aromatic N) is 1. The van der Waals surface area contributed by atoms with Crippen molar-refractivity contribution in [3.8, 4) is 0 Å². The number of hydrogen-bond donors (Lipinski definition) is 1. The van der Waals surface area contributed by atoms with Crippen LogP contribution in [-0.2, 0) is 9.53 Å². The fourth-order valence-electron chi connectivity index (χ4n) is 2.17. The average molecular weight is 304 g/mol. The standard InChI is InChI=1S/C16H20N2O2S/c1-10(2)20-15(19)13-11(3)17-16(21-4)18-14(13)12-8-6-5-7-9-12/h5-10,14H,1-4H3,(H,17,18). The van der Waals surface area contributed by atoms with Gasteiger partial charge in [-0.3, -0.25) is 0 Å². The van der Waals surface area contributed by atoms with E-state index in [0.29, 0.717) is 5.57 Å². The Bertz CT molecular complexity index is 579. The third-order valence-electron chi connectivity index (χ3n) is 3.09. The number of benzene rings is 1. The predicted octanol–water partition coefficient (Wildman–Crippen LogP) is 3.28. The third kappa shape index (κ3) is 3.67. The Morgan fingerprint density at radius 3 is 2.57 bits per heavy atom. The molecule has 1 aliphatic rings. The van der Waals surface area contributed by atoms with Gasteiger partial charge in [-0.2, -0.15) is 0 Å². The van der Waals surface area contributed by atoms with Gasteiger partial charge < -0.3 is 10.1 Å². The molecule has 0 radical (unpaired) electrons. The second-order valence-electron chi connectivity index (χ2n) is 5.07. The zero-order valence-electron chi connectivity index (χ0n) is 12.7. The van der Waals surface area contributed by atoms with Crippen molar-refractivity contribution in [1.82, 2.24) is 5.32 Å². The smallest absolute Gasteiger partial charge is 0.338 e. The van der Waals surface area contributed by atoms with Gasteiger partial charge in [-0.25, -0.2) is 9.79 Å². The molecule has 1 aromatic rings. The number of esters is 1. The first-order valence-electron chi connectivity index (χ1n) is 6.88. The molecule has 0 spiro atoms. The Labute approximate surface area is 129 Å². The van der Waals surface area contributed by atoms with Gasteiger partial charge in [0.15, 0.2) is 5.17 Å². The van der Waals surface area contributed by atoms with E-state index in [1.807, 2.05) is 57.4 Å². The predicted molar refractivity (Wildman–Crippen MR) is 87.2 cm³/mol. The van der Waals surface area contributed by atoms with E-state index < -0.39 is 0 Å². The molecule has 4 nitrogen and oxygen atoms in total. The Morgan fingerprint density at radius 2 is 2.00 bits per heavy atom. The molecule has 0 amide bonds. The topological polar surface area (TPSA) is 50.7 Å². The van der Waals surface area contributed by atoms with Gasteiger partial charge in [0.2, 0.25) is 0 Å². The highest BCUT2D eigenvalue weighted by atomic mass is 32.2. The Morgan fingerprint density at radius 1 is 1.33 bits per heavy atom. The van der Waals surface area contributed by atoms with Crippen molar-refractivity contribution < 1.29 is 9.53 Å². The first-order valence-corrected chi connectivity index (χ1v) is 8.11. The van der Waals surface area contributed by atoms with Crippen molar-refractivity contribution in [2.75, 3.05) is 6.26 Å². The molecule has 1 heterocycles. The van der Waals surface area contributed by atoms with Crippen LogP contribution < -0.4 is 5.32 Å². The molecule has 1 unspecified atom stereocenters. The van der Waals surface area contributed by atoms with Gasteiger partial charge in [-0.1, -0.05) is 42.1 Å². The van der Waals surface area contributed by atoms with Gasteiger partial charge in [0.25, 0.3) is 0 Å². The van der Waals surface area contributed by atoms with Crippen molar-refractivity contribution in [3.63, 3.8) is 0 Å². The lowest BCUT2D eigenvalue weighted by molar-refractivity contribution is -0.143. The van der Waals surface area contributed by atoms with E-state index in [2.05, 4.69) is 10.3 Å². The van der Waals surface area contributed by atoms with Gasteiger partial charge in [0, 0.05) is 5.70 Å². The summed E-state index contributed by atoms with van der Waals surface area (Å²) in [5.41, 5.74) is 2.36. The van der Waals surface area contributed by atoms with Gasteiger partial charge in [-0.05, 0) is 32.6 Å². The number of ether oxygens (including phenoxy) is 1. The minimum Gasteiger partial charge on any atom is -0.459 e. The second kappa shape index (κ2) is 6.80. The molecule has 0 saturated carbocycles. The first kappa shape index (κ1) is 15.6. The zero-order chi connectivity index (χ0) is 15.4. The number of hydrogen-bond acceptors (Lipinski definition) is 5. The van der Waals surface area contributed by atoms with Crippen LogP contribution in [0.4, 0.5) is 0 Å². The lowest BCUT2D eigenvalue weighted by atomic mass is 9.97. The van der Waals surface area contributed by atoms with Gasteiger partial charge in [-0.15, -0.1) is 0 Å². The van der Waals surface area contributed by atoms with E-state index >= 15 is 0 Å². The average Bonchev–Trinajstić information content (AvgIpc) is 2.46. The van der Waals surface area contributed by atoms with Crippen LogP contribution in [0.2, 0.25) is 0 Å². The van der Waals surface area contributed by atoms with Crippen LogP contribution in [0.15, 0.2) is 46.6 Å². The van der Waals surface area contributed by atoms with Crippen LogP contribution in [0.1, 0.15) is 32.4 Å². The molecule has 2 rings (SSSR count). The molecule has 5 heteroatoms. The maximum absolute atomic E-state index is 12.4. The van der Waals surface area contributed by atoms with E-state index in [4.69, 9.17) is 4.74 Å². The van der Waals surface area contributed by atoms with E-state index in [1.54, 1.807) is 0 Å². The minimum atomic E-state index is -0.318. The minimum absolute atomic E-state index is 0.153. The van der Waals surface area contributed by atoms with Crippen LogP contribution in [0.3, 0.4) is 0 Å². The summed E-state index contributed by atoms with van der Waals surface area (Å²) in [6, 6.07) is 9.49. The van der Waals surface area contributed by atoms with Crippen LogP contribution in [0.25, 0.3) is 0 Å². The lowest BCUT2D eigenvalue weighted by Crippen LogP contribution is -2.31. The highest BCUT2D eigenvalue weighted by Crippen LogP contribution is 2.32. The highest BCUT2D eigenvalue weighted by molar-refractivity contribution is 8.13. The van der Waals surface area contributed by atoms with Gasteiger partial charge in [0.05, 0.1) is 11.7 Å². The quantitative estimate of drug-likeness (QED) is 0.871. The van der Waals surface area contributed by atoms with Crippen molar-refractivity contribution >= 4 is 22.9 Å². The van der Waals surface area contributed by atoms with Gasteiger partial charge >= 0.3 is 5.97 Å². The zero-order valence-corrected chi connectivity index (χ0v) is 13.5. The fourth-order valence-corrected chi connectivity index (χ4v) is 2.64. The summed E-state index contributed by atoms with van der Waals surface area (Å²) in [6.45, 7) is 5.58. The van der Waals surface area contributed by atoms with E-state index in [0.717, 1.165) is 16.4 Å². The Balaban J connectivity index is 2.41. The molecule has 0 fully saturated rings. The summed E-state index contributed by atoms with van der Waals surface area (Å²) >= 11 is 1.53. The molecule has 1 N–H and O–H groups in total. The van der Waals surface area contributed by atoms with Crippen LogP contribution in [0, 0.1) is 0 Å². The van der Waals surface area contributed by atoms with Crippen LogP contribution in [-0.4, -0.2) is 23.5 Å². The molecule has 1 aromatic carbocycles. The molecule has 21 heavy (non-hydrogen) atoms. The third-order valence-corrected chi connectivity index (χ3v) is 3.68.